The Labute approximate surface area is 202 Å². The number of primary amides is 1. The largest absolute Gasteiger partial charge is 0.479 e. The van der Waals surface area contributed by atoms with Crippen LogP contribution in [-0.2, 0) is 9.59 Å². The number of carbonyl (C=O) groups is 4. The van der Waals surface area contributed by atoms with Gasteiger partial charge in [0.2, 0.25) is 11.8 Å². The van der Waals surface area contributed by atoms with Crippen LogP contribution < -0.4 is 16.8 Å². The van der Waals surface area contributed by atoms with Gasteiger partial charge >= 0.3 is 12.1 Å². The van der Waals surface area contributed by atoms with Gasteiger partial charge in [-0.3, -0.25) is 30.3 Å². The smallest absolute Gasteiger partial charge is 0.409 e. The highest BCUT2D eigenvalue weighted by Gasteiger charge is 2.54. The Morgan fingerprint density at radius 3 is 2.37 bits per heavy atom. The number of hydrogen-bond acceptors (Lipinski definition) is 7. The third kappa shape index (κ3) is 6.98. The normalized spacial score (nSPS) is 20.1. The zero-order valence-electron chi connectivity index (χ0n) is 19.3. The van der Waals surface area contributed by atoms with Crippen molar-refractivity contribution in [3.05, 3.63) is 29.6 Å². The number of pyridine rings is 1. The summed E-state index contributed by atoms with van der Waals surface area (Å²) in [6.07, 6.45) is 6.92. The van der Waals surface area contributed by atoms with Crippen molar-refractivity contribution in [1.29, 1.82) is 5.41 Å². The van der Waals surface area contributed by atoms with Crippen molar-refractivity contribution in [3.8, 4) is 0 Å². The van der Waals surface area contributed by atoms with E-state index in [0.717, 1.165) is 38.4 Å². The summed E-state index contributed by atoms with van der Waals surface area (Å²) in [6, 6.07) is 2.95. The van der Waals surface area contributed by atoms with E-state index in [1.807, 2.05) is 5.32 Å². The average molecular weight is 490 g/mol. The first kappa shape index (κ1) is 27.2. The first-order valence-electron chi connectivity index (χ1n) is 11.2. The van der Waals surface area contributed by atoms with Crippen molar-refractivity contribution in [2.45, 2.75) is 50.5 Å². The fourth-order valence-corrected chi connectivity index (χ4v) is 4.60. The van der Waals surface area contributed by atoms with Crippen LogP contribution in [0.2, 0.25) is 0 Å². The van der Waals surface area contributed by atoms with Gasteiger partial charge in [0.05, 0.1) is 11.9 Å². The summed E-state index contributed by atoms with van der Waals surface area (Å²) in [4.78, 5) is 54.3. The lowest BCUT2D eigenvalue weighted by atomic mass is 9.73. The quantitative estimate of drug-likeness (QED) is 0.236. The number of carboxylic acid groups (broad SMARTS) is 2. The first-order chi connectivity index (χ1) is 16.6. The van der Waals surface area contributed by atoms with Crippen molar-refractivity contribution in [2.75, 3.05) is 13.1 Å². The Bertz CT molecular complexity index is 942. The first-order valence-corrected chi connectivity index (χ1v) is 11.2. The molecule has 1 atom stereocenters. The standard InChI is InChI=1S/C15H23N3O5.C7H8N4O/c19-12(9-16-10-17-14(22)23)18-8-4-7-15(18,13(20)21)11-5-2-1-3-6-11;8-6(9)5-2-1-4(3-11-5)7(10)12/h10-11H,1-9H2,(H,16,17)(H,20,21)(H,22,23);1-3H,(H3,8,9)(H2,10,12)/t15-;/m1./s1. The van der Waals surface area contributed by atoms with Crippen LogP contribution >= 0.6 is 0 Å². The predicted octanol–water partition coefficient (Wildman–Crippen LogP) is 0.773. The van der Waals surface area contributed by atoms with Gasteiger partial charge in [0.25, 0.3) is 0 Å². The van der Waals surface area contributed by atoms with E-state index in [2.05, 4.69) is 9.98 Å². The van der Waals surface area contributed by atoms with E-state index < -0.39 is 23.5 Å². The Kier molecular flexibility index (Phi) is 9.67. The lowest BCUT2D eigenvalue weighted by Gasteiger charge is -2.42. The molecule has 0 unspecified atom stereocenters. The van der Waals surface area contributed by atoms with E-state index in [0.29, 0.717) is 30.6 Å². The number of nitrogens with two attached hydrogens (primary N) is 2. The molecule has 0 spiro atoms. The van der Waals surface area contributed by atoms with Crippen molar-refractivity contribution >= 4 is 36.1 Å². The van der Waals surface area contributed by atoms with E-state index in [1.165, 1.54) is 23.2 Å². The molecular weight excluding hydrogens is 458 g/mol. The minimum absolute atomic E-state index is 0.0127. The number of carboxylic acids is 1. The molecule has 1 aliphatic heterocycles. The summed E-state index contributed by atoms with van der Waals surface area (Å²) in [7, 11) is 0. The van der Waals surface area contributed by atoms with Gasteiger partial charge in [0, 0.05) is 12.7 Å². The van der Waals surface area contributed by atoms with Crippen LogP contribution in [0.15, 0.2) is 23.3 Å². The second kappa shape index (κ2) is 12.4. The molecule has 3 rings (SSSR count). The second-order valence-corrected chi connectivity index (χ2v) is 8.34. The minimum Gasteiger partial charge on any atom is -0.479 e. The summed E-state index contributed by atoms with van der Waals surface area (Å²) in [5, 5.41) is 27.2. The molecule has 0 bridgehead atoms. The van der Waals surface area contributed by atoms with Crippen LogP contribution in [0.4, 0.5) is 4.79 Å². The monoisotopic (exact) mass is 489 g/mol. The minimum atomic E-state index is -1.26. The Morgan fingerprint density at radius 2 is 1.86 bits per heavy atom. The number of aromatic nitrogens is 1. The van der Waals surface area contributed by atoms with Gasteiger partial charge in [-0.25, -0.2) is 9.59 Å². The number of nitrogens with one attached hydrogen (secondary N) is 2. The number of nitrogen functional groups attached to an aromatic ring is 1. The molecule has 0 radical (unpaired) electrons. The molecule has 190 valence electrons. The zero-order valence-corrected chi connectivity index (χ0v) is 19.3. The topological polar surface area (TPSA) is 225 Å². The van der Waals surface area contributed by atoms with E-state index in [1.54, 1.807) is 0 Å². The van der Waals surface area contributed by atoms with Crippen molar-refractivity contribution in [2.24, 2.45) is 22.4 Å². The second-order valence-electron chi connectivity index (χ2n) is 8.34. The maximum atomic E-state index is 12.4. The molecule has 0 aromatic carbocycles. The van der Waals surface area contributed by atoms with Gasteiger partial charge in [-0.1, -0.05) is 19.3 Å². The predicted molar refractivity (Wildman–Crippen MR) is 126 cm³/mol. The Hall–Kier alpha value is -4.03. The van der Waals surface area contributed by atoms with Crippen LogP contribution in [0.25, 0.3) is 0 Å². The van der Waals surface area contributed by atoms with Gasteiger partial charge in [0.15, 0.2) is 0 Å². The van der Waals surface area contributed by atoms with E-state index >= 15 is 0 Å². The molecule has 35 heavy (non-hydrogen) atoms. The molecule has 1 aromatic heterocycles. The lowest BCUT2D eigenvalue weighted by molar-refractivity contribution is -0.161. The fraction of sp³-hybridized carbons (Fsp3) is 0.500. The van der Waals surface area contributed by atoms with Gasteiger partial charge in [-0.2, -0.15) is 0 Å². The highest BCUT2D eigenvalue weighted by molar-refractivity contribution is 5.95. The molecule has 13 heteroatoms. The number of rotatable bonds is 7. The van der Waals surface area contributed by atoms with Crippen LogP contribution in [-0.4, -0.2) is 74.8 Å². The number of amides is 3. The molecule has 3 amide bonds. The number of amidine groups is 1. The van der Waals surface area contributed by atoms with Gasteiger partial charge in [0.1, 0.15) is 23.6 Å². The van der Waals surface area contributed by atoms with Crippen LogP contribution in [0.5, 0.6) is 0 Å². The number of aliphatic carboxylic acids is 1. The van der Waals surface area contributed by atoms with Crippen molar-refractivity contribution in [1.82, 2.24) is 15.2 Å². The number of likely N-dealkylation sites (tertiary alicyclic amines) is 1. The highest BCUT2D eigenvalue weighted by atomic mass is 16.4. The van der Waals surface area contributed by atoms with Crippen LogP contribution in [0.1, 0.15) is 61.0 Å². The molecule has 2 aliphatic rings. The molecule has 1 aliphatic carbocycles. The summed E-state index contributed by atoms with van der Waals surface area (Å²) >= 11 is 0. The van der Waals surface area contributed by atoms with Gasteiger partial charge in [-0.15, -0.1) is 0 Å². The average Bonchev–Trinajstić information content (AvgIpc) is 3.29. The van der Waals surface area contributed by atoms with Gasteiger partial charge < -0.3 is 26.6 Å². The fourth-order valence-electron chi connectivity index (χ4n) is 4.60. The number of nitrogens with zero attached hydrogens (tertiary/aromatic N) is 3. The van der Waals surface area contributed by atoms with E-state index in [9.17, 15) is 24.3 Å². The van der Waals surface area contributed by atoms with E-state index in [4.69, 9.17) is 22.0 Å². The maximum absolute atomic E-state index is 12.4. The highest BCUT2D eigenvalue weighted by Crippen LogP contribution is 2.43. The Balaban J connectivity index is 0.000000303. The summed E-state index contributed by atoms with van der Waals surface area (Å²) in [5.41, 5.74) is 9.64. The zero-order chi connectivity index (χ0) is 26.0. The Morgan fingerprint density at radius 1 is 1.17 bits per heavy atom. The molecule has 1 saturated carbocycles. The lowest BCUT2D eigenvalue weighted by Crippen LogP contribution is -2.58. The number of carbonyl (C=O) groups excluding carboxylic acids is 2. The molecule has 1 aromatic rings. The molecule has 13 nitrogen and oxygen atoms in total. The van der Waals surface area contributed by atoms with Crippen molar-refractivity contribution < 1.29 is 29.4 Å². The molecule has 2 fully saturated rings. The summed E-state index contributed by atoms with van der Waals surface area (Å²) < 4.78 is 0. The van der Waals surface area contributed by atoms with Crippen LogP contribution in [0.3, 0.4) is 0 Å². The van der Waals surface area contributed by atoms with Gasteiger partial charge in [-0.05, 0) is 43.7 Å². The number of aliphatic imine (C=N–C) groups is 1. The SMILES string of the molecule is N=C(N)c1ccc(C(N)=O)cn1.O=C(O)NC=NCC(=O)N1CCC[C@]1(C(=O)O)C1CCCCC1. The number of hydrogen-bond donors (Lipinski definition) is 6. The maximum Gasteiger partial charge on any atom is 0.409 e. The third-order valence-electron chi connectivity index (χ3n) is 6.20. The molecule has 1 saturated heterocycles. The molecule has 8 N–H and O–H groups in total. The van der Waals surface area contributed by atoms with E-state index in [-0.39, 0.29) is 24.2 Å². The molecule has 2 heterocycles. The molecular formula is C22H31N7O6. The summed E-state index contributed by atoms with van der Waals surface area (Å²) in [5.74, 6) is -1.98. The summed E-state index contributed by atoms with van der Waals surface area (Å²) in [6.45, 7) is 0.172. The third-order valence-corrected chi connectivity index (χ3v) is 6.20. The van der Waals surface area contributed by atoms with Crippen LogP contribution in [0, 0.1) is 11.3 Å². The van der Waals surface area contributed by atoms with Crippen molar-refractivity contribution in [3.63, 3.8) is 0 Å².